The van der Waals surface area contributed by atoms with Gasteiger partial charge in [-0.3, -0.25) is 5.32 Å². The van der Waals surface area contributed by atoms with Gasteiger partial charge in [0.25, 0.3) is 0 Å². The maximum atomic E-state index is 8.95. The molecule has 0 spiro atoms. The monoisotopic (exact) mass is 248 g/mol. The van der Waals surface area contributed by atoms with Crippen molar-refractivity contribution >= 4 is 0 Å². The van der Waals surface area contributed by atoms with Gasteiger partial charge in [-0.1, -0.05) is 13.0 Å². The first-order valence-corrected chi connectivity index (χ1v) is 6.03. The van der Waals surface area contributed by atoms with Crippen LogP contribution in [0.25, 0.3) is 0 Å². The zero-order valence-electron chi connectivity index (χ0n) is 11.4. The zero-order chi connectivity index (χ0) is 13.5. The van der Waals surface area contributed by atoms with Crippen LogP contribution in [0.1, 0.15) is 31.9 Å². The molecule has 1 rings (SSSR count). The van der Waals surface area contributed by atoms with Crippen molar-refractivity contribution in [2.24, 2.45) is 0 Å². The van der Waals surface area contributed by atoms with E-state index in [1.165, 1.54) is 0 Å². The molecule has 0 aliphatic rings. The van der Waals surface area contributed by atoms with Gasteiger partial charge in [0.2, 0.25) is 0 Å². The van der Waals surface area contributed by atoms with E-state index in [9.17, 15) is 0 Å². The van der Waals surface area contributed by atoms with Gasteiger partial charge in [0.05, 0.1) is 26.3 Å². The molecule has 1 aromatic carbocycles. The van der Waals surface area contributed by atoms with E-state index >= 15 is 0 Å². The molecule has 0 saturated heterocycles. The first kappa shape index (κ1) is 14.3. The number of nitrogens with zero attached hydrogens (tertiary/aromatic N) is 1. The number of hydrogen-bond acceptors (Lipinski definition) is 4. The topological polar surface area (TPSA) is 54.3 Å². The summed E-state index contributed by atoms with van der Waals surface area (Å²) in [5.74, 6) is 1.41. The second-order valence-electron chi connectivity index (χ2n) is 4.09. The highest BCUT2D eigenvalue weighted by molar-refractivity contribution is 5.43. The minimum absolute atomic E-state index is 0.0920. The van der Waals surface area contributed by atoms with Crippen molar-refractivity contribution in [3.8, 4) is 17.6 Å². The van der Waals surface area contributed by atoms with Crippen molar-refractivity contribution in [1.82, 2.24) is 5.32 Å². The summed E-state index contributed by atoms with van der Waals surface area (Å²) >= 11 is 0. The molecule has 4 heteroatoms. The summed E-state index contributed by atoms with van der Waals surface area (Å²) in [6, 6.07) is 7.98. The predicted octanol–water partition coefficient (Wildman–Crippen LogP) is 2.66. The lowest BCUT2D eigenvalue weighted by molar-refractivity contribution is 0.354. The van der Waals surface area contributed by atoms with Gasteiger partial charge >= 0.3 is 0 Å². The molecule has 1 N–H and O–H groups in total. The standard InChI is InChI=1S/C14H20N2O2/c1-5-12(9-15)16-10(2)11-6-7-13(17-3)14(8-11)18-4/h6-8,10,12,16H,5H2,1-4H3. The van der Waals surface area contributed by atoms with Crippen LogP contribution < -0.4 is 14.8 Å². The number of nitrogens with one attached hydrogen (secondary N) is 1. The number of nitriles is 1. The summed E-state index contributed by atoms with van der Waals surface area (Å²) in [5.41, 5.74) is 1.07. The molecule has 0 amide bonds. The minimum Gasteiger partial charge on any atom is -0.493 e. The maximum Gasteiger partial charge on any atom is 0.161 e. The molecule has 0 heterocycles. The Morgan fingerprint density at radius 2 is 1.94 bits per heavy atom. The number of rotatable bonds is 6. The van der Waals surface area contributed by atoms with Crippen LogP contribution in [0.4, 0.5) is 0 Å². The first-order chi connectivity index (χ1) is 8.65. The molecule has 0 radical (unpaired) electrons. The normalized spacial score (nSPS) is 13.5. The van der Waals surface area contributed by atoms with Crippen LogP contribution in [0.2, 0.25) is 0 Å². The molecule has 0 bridgehead atoms. The van der Waals surface area contributed by atoms with Crippen molar-refractivity contribution in [3.63, 3.8) is 0 Å². The maximum absolute atomic E-state index is 8.95. The third-order valence-corrected chi connectivity index (χ3v) is 2.92. The molecular weight excluding hydrogens is 228 g/mol. The van der Waals surface area contributed by atoms with Crippen molar-refractivity contribution in [2.45, 2.75) is 32.4 Å². The molecule has 98 valence electrons. The summed E-state index contributed by atoms with van der Waals surface area (Å²) in [5, 5.41) is 12.2. The first-order valence-electron chi connectivity index (χ1n) is 6.03. The summed E-state index contributed by atoms with van der Waals surface area (Å²) < 4.78 is 10.5. The smallest absolute Gasteiger partial charge is 0.161 e. The molecule has 0 aromatic heterocycles. The Hall–Kier alpha value is -1.73. The van der Waals surface area contributed by atoms with Gasteiger partial charge in [-0.05, 0) is 31.0 Å². The Labute approximate surface area is 109 Å². The average Bonchev–Trinajstić information content (AvgIpc) is 2.43. The summed E-state index contributed by atoms with van der Waals surface area (Å²) in [6.07, 6.45) is 0.786. The number of benzene rings is 1. The van der Waals surface area contributed by atoms with Crippen molar-refractivity contribution in [1.29, 1.82) is 5.26 Å². The molecule has 2 unspecified atom stereocenters. The third kappa shape index (κ3) is 3.38. The van der Waals surface area contributed by atoms with E-state index in [2.05, 4.69) is 11.4 Å². The van der Waals surface area contributed by atoms with Gasteiger partial charge in [0.15, 0.2) is 11.5 Å². The van der Waals surface area contributed by atoms with E-state index in [-0.39, 0.29) is 12.1 Å². The lowest BCUT2D eigenvalue weighted by Crippen LogP contribution is -2.29. The quantitative estimate of drug-likeness (QED) is 0.841. The number of ether oxygens (including phenoxy) is 2. The van der Waals surface area contributed by atoms with E-state index in [0.29, 0.717) is 11.5 Å². The van der Waals surface area contributed by atoms with E-state index in [4.69, 9.17) is 14.7 Å². The van der Waals surface area contributed by atoms with Crippen molar-refractivity contribution < 1.29 is 9.47 Å². The van der Waals surface area contributed by atoms with E-state index in [1.807, 2.05) is 32.0 Å². The van der Waals surface area contributed by atoms with Crippen LogP contribution in [0, 0.1) is 11.3 Å². The number of methoxy groups -OCH3 is 2. The van der Waals surface area contributed by atoms with Crippen LogP contribution in [0.5, 0.6) is 11.5 Å². The predicted molar refractivity (Wildman–Crippen MR) is 70.8 cm³/mol. The van der Waals surface area contributed by atoms with E-state index in [1.54, 1.807) is 14.2 Å². The van der Waals surface area contributed by atoms with Crippen LogP contribution in [-0.2, 0) is 0 Å². The molecule has 0 aliphatic heterocycles. The van der Waals surface area contributed by atoms with Crippen LogP contribution >= 0.6 is 0 Å². The van der Waals surface area contributed by atoms with Gasteiger partial charge in [0, 0.05) is 6.04 Å². The molecule has 1 aromatic rings. The van der Waals surface area contributed by atoms with Gasteiger partial charge < -0.3 is 9.47 Å². The summed E-state index contributed by atoms with van der Waals surface area (Å²) in [7, 11) is 3.23. The van der Waals surface area contributed by atoms with Gasteiger partial charge in [-0.2, -0.15) is 5.26 Å². The largest absolute Gasteiger partial charge is 0.493 e. The van der Waals surface area contributed by atoms with E-state index < -0.39 is 0 Å². The highest BCUT2D eigenvalue weighted by Crippen LogP contribution is 2.29. The molecule has 18 heavy (non-hydrogen) atoms. The Morgan fingerprint density at radius 3 is 2.44 bits per heavy atom. The van der Waals surface area contributed by atoms with Gasteiger partial charge in [0.1, 0.15) is 0 Å². The van der Waals surface area contributed by atoms with Crippen molar-refractivity contribution in [2.75, 3.05) is 14.2 Å². The minimum atomic E-state index is -0.131. The molecule has 4 nitrogen and oxygen atoms in total. The Balaban J connectivity index is 2.86. The van der Waals surface area contributed by atoms with Crippen molar-refractivity contribution in [3.05, 3.63) is 23.8 Å². The van der Waals surface area contributed by atoms with Gasteiger partial charge in [-0.15, -0.1) is 0 Å². The van der Waals surface area contributed by atoms with Crippen LogP contribution in [-0.4, -0.2) is 20.3 Å². The highest BCUT2D eigenvalue weighted by atomic mass is 16.5. The lowest BCUT2D eigenvalue weighted by atomic mass is 10.1. The number of hydrogen-bond donors (Lipinski definition) is 1. The highest BCUT2D eigenvalue weighted by Gasteiger charge is 2.13. The van der Waals surface area contributed by atoms with Crippen LogP contribution in [0.15, 0.2) is 18.2 Å². The van der Waals surface area contributed by atoms with Crippen LogP contribution in [0.3, 0.4) is 0 Å². The third-order valence-electron chi connectivity index (χ3n) is 2.92. The lowest BCUT2D eigenvalue weighted by Gasteiger charge is -2.18. The molecule has 2 atom stereocenters. The zero-order valence-corrected chi connectivity index (χ0v) is 11.4. The average molecular weight is 248 g/mol. The fraction of sp³-hybridized carbons (Fsp3) is 0.500. The molecule has 0 saturated carbocycles. The Bertz CT molecular complexity index is 426. The fourth-order valence-corrected chi connectivity index (χ4v) is 1.77. The molecule has 0 fully saturated rings. The molecule has 0 aliphatic carbocycles. The summed E-state index contributed by atoms with van der Waals surface area (Å²) in [4.78, 5) is 0. The van der Waals surface area contributed by atoms with Gasteiger partial charge in [-0.25, -0.2) is 0 Å². The second kappa shape index (κ2) is 6.87. The summed E-state index contributed by atoms with van der Waals surface area (Å²) in [6.45, 7) is 4.02. The SMILES string of the molecule is CCC(C#N)NC(C)c1ccc(OC)c(OC)c1. The molecular formula is C14H20N2O2. The van der Waals surface area contributed by atoms with E-state index in [0.717, 1.165) is 12.0 Å². The fourth-order valence-electron chi connectivity index (χ4n) is 1.77. The second-order valence-corrected chi connectivity index (χ2v) is 4.09. The Kier molecular flexibility index (Phi) is 5.47. The Morgan fingerprint density at radius 1 is 1.28 bits per heavy atom.